The summed E-state index contributed by atoms with van der Waals surface area (Å²) in [4.78, 5) is 6.00. The molecule has 5 heteroatoms. The van der Waals surface area contributed by atoms with Gasteiger partial charge in [0.2, 0.25) is 0 Å². The van der Waals surface area contributed by atoms with E-state index < -0.39 is 0 Å². The van der Waals surface area contributed by atoms with Crippen LogP contribution in [0.25, 0.3) is 5.00 Å². The van der Waals surface area contributed by atoms with Gasteiger partial charge >= 0.3 is 0 Å². The smallest absolute Gasteiger partial charge is 0.160 e. The van der Waals surface area contributed by atoms with Crippen LogP contribution in [0.15, 0.2) is 17.1 Å². The molecule has 3 rings (SSSR count). The summed E-state index contributed by atoms with van der Waals surface area (Å²) in [5.41, 5.74) is 4.47. The Morgan fingerprint density at radius 2 is 2.00 bits per heavy atom. The third-order valence-electron chi connectivity index (χ3n) is 3.48. The molecule has 0 amide bonds. The van der Waals surface area contributed by atoms with E-state index in [1.807, 2.05) is 13.8 Å². The van der Waals surface area contributed by atoms with Crippen LogP contribution in [0.4, 0.5) is 0 Å². The molecule has 0 radical (unpaired) electrons. The molecule has 0 aliphatic carbocycles. The number of aromatic nitrogens is 3. The predicted molar refractivity (Wildman–Crippen MR) is 78.5 cm³/mol. The molecule has 0 saturated carbocycles. The molecular formula is C14H16N4S. The average molecular weight is 272 g/mol. The number of aryl methyl sites for hydroxylation is 2. The molecule has 0 saturated heterocycles. The summed E-state index contributed by atoms with van der Waals surface area (Å²) in [6.07, 6.45) is 0. The van der Waals surface area contributed by atoms with Gasteiger partial charge in [-0.2, -0.15) is 0 Å². The van der Waals surface area contributed by atoms with Gasteiger partial charge in [0, 0.05) is 10.4 Å². The Morgan fingerprint density at radius 3 is 2.68 bits per heavy atom. The van der Waals surface area contributed by atoms with Crippen LogP contribution in [-0.2, 0) is 6.54 Å². The van der Waals surface area contributed by atoms with Crippen molar-refractivity contribution in [1.82, 2.24) is 14.8 Å². The maximum Gasteiger partial charge on any atom is 0.160 e. The summed E-state index contributed by atoms with van der Waals surface area (Å²) in [7, 11) is 0. The molecule has 2 aromatic rings. The van der Waals surface area contributed by atoms with E-state index in [0.717, 1.165) is 22.9 Å². The number of rotatable bonds is 1. The van der Waals surface area contributed by atoms with Crippen LogP contribution in [-0.4, -0.2) is 20.5 Å². The van der Waals surface area contributed by atoms with Gasteiger partial charge in [-0.25, -0.2) is 0 Å². The van der Waals surface area contributed by atoms with Crippen LogP contribution in [0.2, 0.25) is 0 Å². The Morgan fingerprint density at radius 1 is 1.26 bits per heavy atom. The summed E-state index contributed by atoms with van der Waals surface area (Å²) in [5, 5.41) is 9.58. The van der Waals surface area contributed by atoms with Gasteiger partial charge in [0.25, 0.3) is 0 Å². The first-order valence-electron chi connectivity index (χ1n) is 6.22. The highest BCUT2D eigenvalue weighted by molar-refractivity contribution is 7.15. The first-order valence-corrected chi connectivity index (χ1v) is 7.04. The van der Waals surface area contributed by atoms with Crippen molar-refractivity contribution >= 4 is 17.0 Å². The number of fused-ring (bicyclic) bond motifs is 3. The zero-order valence-corrected chi connectivity index (χ0v) is 12.4. The van der Waals surface area contributed by atoms with E-state index in [1.165, 1.54) is 21.0 Å². The molecule has 0 atom stereocenters. The lowest BCUT2D eigenvalue weighted by Crippen LogP contribution is -2.06. The summed E-state index contributed by atoms with van der Waals surface area (Å²) in [6.45, 7) is 12.9. The number of nitrogens with zero attached hydrogens (tertiary/aromatic N) is 4. The van der Waals surface area contributed by atoms with Crippen molar-refractivity contribution in [2.75, 3.05) is 0 Å². The number of aliphatic imine (C=N–C) groups is 1. The standard InChI is InChI=1S/C14H16N4S/c1-7(2)13-12-8(3)9(4)19-14(12)18-10(5)16-17-11(18)6-15-13/h1,6H2,2-5H3. The lowest BCUT2D eigenvalue weighted by molar-refractivity contribution is 0.869. The number of hydrogen-bond donors (Lipinski definition) is 0. The Balaban J connectivity index is 2.39. The lowest BCUT2D eigenvalue weighted by atomic mass is 10.0. The SMILES string of the molecule is C=C(C)C1=NCc2nnc(C)n2-c2sc(C)c(C)c21. The highest BCUT2D eigenvalue weighted by atomic mass is 32.1. The van der Waals surface area contributed by atoms with Gasteiger partial charge in [-0.05, 0) is 38.8 Å². The van der Waals surface area contributed by atoms with E-state index >= 15 is 0 Å². The van der Waals surface area contributed by atoms with Gasteiger partial charge in [-0.1, -0.05) is 6.58 Å². The molecular weight excluding hydrogens is 256 g/mol. The molecule has 1 aliphatic rings. The highest BCUT2D eigenvalue weighted by Gasteiger charge is 2.25. The maximum atomic E-state index is 4.69. The topological polar surface area (TPSA) is 43.1 Å². The Labute approximate surface area is 116 Å². The molecule has 0 bridgehead atoms. The third-order valence-corrected chi connectivity index (χ3v) is 4.67. The summed E-state index contributed by atoms with van der Waals surface area (Å²) < 4.78 is 2.12. The van der Waals surface area contributed by atoms with Crippen LogP contribution in [0.3, 0.4) is 0 Å². The minimum Gasteiger partial charge on any atom is -0.276 e. The number of allylic oxidation sites excluding steroid dienone is 1. The largest absolute Gasteiger partial charge is 0.276 e. The molecule has 0 unspecified atom stereocenters. The van der Waals surface area contributed by atoms with Crippen molar-refractivity contribution in [3.63, 3.8) is 0 Å². The predicted octanol–water partition coefficient (Wildman–Crippen LogP) is 3.13. The number of thiophene rings is 1. The quantitative estimate of drug-likeness (QED) is 0.800. The molecule has 0 aromatic carbocycles. The van der Waals surface area contributed by atoms with Crippen LogP contribution in [0, 0.1) is 20.8 Å². The van der Waals surface area contributed by atoms with Gasteiger partial charge in [0.1, 0.15) is 17.4 Å². The van der Waals surface area contributed by atoms with Gasteiger partial charge in [-0.3, -0.25) is 9.56 Å². The van der Waals surface area contributed by atoms with Crippen LogP contribution < -0.4 is 0 Å². The van der Waals surface area contributed by atoms with E-state index in [2.05, 4.69) is 35.2 Å². The lowest BCUT2D eigenvalue weighted by Gasteiger charge is -2.08. The molecule has 4 nitrogen and oxygen atoms in total. The fourth-order valence-corrected chi connectivity index (χ4v) is 3.62. The second-order valence-corrected chi connectivity index (χ2v) is 6.11. The van der Waals surface area contributed by atoms with Gasteiger partial charge in [0.15, 0.2) is 5.82 Å². The first kappa shape index (κ1) is 12.3. The van der Waals surface area contributed by atoms with Crippen molar-refractivity contribution in [1.29, 1.82) is 0 Å². The summed E-state index contributed by atoms with van der Waals surface area (Å²) in [6, 6.07) is 0. The molecule has 0 fully saturated rings. The van der Waals surface area contributed by atoms with E-state index in [-0.39, 0.29) is 0 Å². The summed E-state index contributed by atoms with van der Waals surface area (Å²) >= 11 is 1.77. The second-order valence-electron chi connectivity index (χ2n) is 4.91. The summed E-state index contributed by atoms with van der Waals surface area (Å²) in [5.74, 6) is 1.81. The van der Waals surface area contributed by atoms with Crippen LogP contribution in [0.5, 0.6) is 0 Å². The van der Waals surface area contributed by atoms with E-state index in [1.54, 1.807) is 11.3 Å². The fraction of sp³-hybridized carbons (Fsp3) is 0.357. The van der Waals surface area contributed by atoms with Crippen LogP contribution in [0.1, 0.15) is 34.6 Å². The fourth-order valence-electron chi connectivity index (χ4n) is 2.40. The Kier molecular flexibility index (Phi) is 2.67. The molecule has 0 N–H and O–H groups in total. The minimum absolute atomic E-state index is 0.558. The highest BCUT2D eigenvalue weighted by Crippen LogP contribution is 2.35. The van der Waals surface area contributed by atoms with Gasteiger partial charge < -0.3 is 0 Å². The van der Waals surface area contributed by atoms with Gasteiger partial charge in [0.05, 0.1) is 5.71 Å². The maximum absolute atomic E-state index is 4.69. The minimum atomic E-state index is 0.558. The molecule has 1 aliphatic heterocycles. The molecule has 3 heterocycles. The van der Waals surface area contributed by atoms with Crippen LogP contribution >= 0.6 is 11.3 Å². The zero-order valence-electron chi connectivity index (χ0n) is 11.6. The Hall–Kier alpha value is -1.75. The normalized spacial score (nSPS) is 13.6. The van der Waals surface area contributed by atoms with E-state index in [4.69, 9.17) is 4.99 Å². The number of hydrogen-bond acceptors (Lipinski definition) is 4. The molecule has 19 heavy (non-hydrogen) atoms. The van der Waals surface area contributed by atoms with Crippen molar-refractivity contribution in [3.05, 3.63) is 39.8 Å². The van der Waals surface area contributed by atoms with Crippen molar-refractivity contribution in [2.45, 2.75) is 34.2 Å². The van der Waals surface area contributed by atoms with Crippen molar-refractivity contribution in [3.8, 4) is 5.00 Å². The first-order chi connectivity index (χ1) is 9.00. The zero-order chi connectivity index (χ0) is 13.7. The van der Waals surface area contributed by atoms with Crippen molar-refractivity contribution < 1.29 is 0 Å². The van der Waals surface area contributed by atoms with E-state index in [9.17, 15) is 0 Å². The molecule has 0 spiro atoms. The van der Waals surface area contributed by atoms with E-state index in [0.29, 0.717) is 6.54 Å². The van der Waals surface area contributed by atoms with Crippen molar-refractivity contribution in [2.24, 2.45) is 4.99 Å². The third kappa shape index (κ3) is 1.69. The molecule has 2 aromatic heterocycles. The molecule has 98 valence electrons. The monoisotopic (exact) mass is 272 g/mol. The second kappa shape index (κ2) is 4.13. The van der Waals surface area contributed by atoms with Gasteiger partial charge in [-0.15, -0.1) is 21.5 Å². The average Bonchev–Trinajstić information content (AvgIpc) is 2.78. The Bertz CT molecular complexity index is 718.